The summed E-state index contributed by atoms with van der Waals surface area (Å²) in [6, 6.07) is 11.1. The minimum atomic E-state index is -3.65. The van der Waals surface area contributed by atoms with Crippen LogP contribution in [0.1, 0.15) is 43.0 Å². The number of thiazole rings is 1. The van der Waals surface area contributed by atoms with E-state index in [0.29, 0.717) is 21.9 Å². The maximum absolute atomic E-state index is 13.2. The second-order valence-electron chi connectivity index (χ2n) is 8.25. The number of piperidine rings is 1. The van der Waals surface area contributed by atoms with Crippen molar-refractivity contribution in [2.45, 2.75) is 50.1 Å². The molecule has 0 radical (unpaired) electrons. The summed E-state index contributed by atoms with van der Waals surface area (Å²) in [6.45, 7) is 2.35. The predicted molar refractivity (Wildman–Crippen MR) is 135 cm³/mol. The first kappa shape index (κ1) is 25.6. The Labute approximate surface area is 212 Å². The molecule has 0 spiro atoms. The van der Waals surface area contributed by atoms with Gasteiger partial charge < -0.3 is 9.30 Å². The number of carbonyl (C=O) groups is 2. The van der Waals surface area contributed by atoms with Gasteiger partial charge in [-0.1, -0.05) is 42.3 Å². The third-order valence-electron chi connectivity index (χ3n) is 6.12. The zero-order valence-corrected chi connectivity index (χ0v) is 21.8. The van der Waals surface area contributed by atoms with Crippen molar-refractivity contribution in [3.63, 3.8) is 0 Å². The molecule has 1 fully saturated rings. The highest BCUT2D eigenvalue weighted by molar-refractivity contribution is 7.89. The van der Waals surface area contributed by atoms with E-state index >= 15 is 0 Å². The summed E-state index contributed by atoms with van der Waals surface area (Å²) < 4.78 is 35.1. The van der Waals surface area contributed by atoms with Crippen LogP contribution in [0, 0.1) is 0 Å². The minimum Gasteiger partial charge on any atom is -0.468 e. The molecule has 1 aliphatic heterocycles. The van der Waals surface area contributed by atoms with Crippen LogP contribution in [0.15, 0.2) is 52.4 Å². The monoisotopic (exact) mass is 535 g/mol. The van der Waals surface area contributed by atoms with Gasteiger partial charge in [0.15, 0.2) is 4.80 Å². The van der Waals surface area contributed by atoms with Crippen molar-refractivity contribution in [1.82, 2.24) is 8.87 Å². The molecule has 0 saturated carbocycles. The van der Waals surface area contributed by atoms with E-state index in [2.05, 4.69) is 4.99 Å². The maximum Gasteiger partial charge on any atom is 0.325 e. The fraction of sp³-hybridized carbons (Fsp3) is 0.375. The lowest BCUT2D eigenvalue weighted by Crippen LogP contribution is -2.43. The molecular weight excluding hydrogens is 510 g/mol. The number of ether oxygens (including phenoxy) is 1. The Morgan fingerprint density at radius 2 is 1.91 bits per heavy atom. The molecule has 1 aromatic heterocycles. The number of hydrogen-bond acceptors (Lipinski definition) is 6. The number of halogens is 1. The van der Waals surface area contributed by atoms with Gasteiger partial charge in [0.05, 0.1) is 27.2 Å². The molecule has 2 heterocycles. The Morgan fingerprint density at radius 3 is 2.60 bits per heavy atom. The normalized spacial score (nSPS) is 17.6. The third-order valence-corrected chi connectivity index (χ3v) is 9.43. The minimum absolute atomic E-state index is 0.00454. The summed E-state index contributed by atoms with van der Waals surface area (Å²) in [5, 5.41) is 0.425. The summed E-state index contributed by atoms with van der Waals surface area (Å²) in [7, 11) is -2.37. The number of aromatic nitrogens is 1. The highest BCUT2D eigenvalue weighted by Gasteiger charge is 2.32. The number of nitrogens with zero attached hydrogens (tertiary/aromatic N) is 3. The van der Waals surface area contributed by atoms with Gasteiger partial charge in [-0.15, -0.1) is 0 Å². The summed E-state index contributed by atoms with van der Waals surface area (Å²) >= 11 is 7.57. The Bertz CT molecular complexity index is 1430. The molecule has 3 aromatic rings. The smallest absolute Gasteiger partial charge is 0.325 e. The zero-order valence-electron chi connectivity index (χ0n) is 19.4. The second-order valence-corrected chi connectivity index (χ2v) is 11.6. The Morgan fingerprint density at radius 1 is 1.17 bits per heavy atom. The molecule has 186 valence electrons. The molecule has 2 aromatic carbocycles. The standard InChI is InChI=1S/C24H26ClN3O5S2/c1-3-17-7-4-5-14-28(17)35(31,32)18-12-10-16(11-13-18)23(30)26-24-27(15-21(29)33-2)22-19(25)8-6-9-20(22)34-24/h6,8-13,17H,3-5,7,14-15H2,1-2H3. The third kappa shape index (κ3) is 5.20. The number of amides is 1. The Balaban J connectivity index is 1.67. The first-order chi connectivity index (χ1) is 16.8. The number of para-hydroxylation sites is 1. The molecule has 1 unspecified atom stereocenters. The highest BCUT2D eigenvalue weighted by atomic mass is 35.5. The van der Waals surface area contributed by atoms with Crippen LogP contribution in [0.2, 0.25) is 5.02 Å². The summed E-state index contributed by atoms with van der Waals surface area (Å²) in [4.78, 5) is 29.6. The summed E-state index contributed by atoms with van der Waals surface area (Å²) in [5.41, 5.74) is 0.826. The van der Waals surface area contributed by atoms with Gasteiger partial charge in [0.1, 0.15) is 6.54 Å². The van der Waals surface area contributed by atoms with Crippen molar-refractivity contribution in [2.75, 3.05) is 13.7 Å². The molecular formula is C24H26ClN3O5S2. The number of benzene rings is 2. The van der Waals surface area contributed by atoms with Gasteiger partial charge in [0.2, 0.25) is 10.0 Å². The molecule has 0 bridgehead atoms. The van der Waals surface area contributed by atoms with Crippen molar-refractivity contribution in [1.29, 1.82) is 0 Å². The maximum atomic E-state index is 13.2. The lowest BCUT2D eigenvalue weighted by molar-refractivity contribution is -0.141. The van der Waals surface area contributed by atoms with Crippen LogP contribution in [-0.4, -0.2) is 48.9 Å². The summed E-state index contributed by atoms with van der Waals surface area (Å²) in [6.07, 6.45) is 3.49. The summed E-state index contributed by atoms with van der Waals surface area (Å²) in [5.74, 6) is -1.06. The van der Waals surface area contributed by atoms with Gasteiger partial charge in [-0.2, -0.15) is 9.30 Å². The number of methoxy groups -OCH3 is 1. The zero-order chi connectivity index (χ0) is 25.2. The molecule has 1 aliphatic rings. The molecule has 4 rings (SSSR count). The van der Waals surface area contributed by atoms with Crippen LogP contribution in [-0.2, 0) is 26.1 Å². The molecule has 0 aliphatic carbocycles. The van der Waals surface area contributed by atoms with Crippen molar-refractivity contribution in [3.8, 4) is 0 Å². The lowest BCUT2D eigenvalue weighted by Gasteiger charge is -2.34. The largest absolute Gasteiger partial charge is 0.468 e. The Hall–Kier alpha value is -2.53. The van der Waals surface area contributed by atoms with E-state index in [-0.39, 0.29) is 23.0 Å². The topological polar surface area (TPSA) is 98.0 Å². The fourth-order valence-corrected chi connectivity index (χ4v) is 7.42. The fourth-order valence-electron chi connectivity index (χ4n) is 4.27. The van der Waals surface area contributed by atoms with Crippen LogP contribution in [0.3, 0.4) is 0 Å². The van der Waals surface area contributed by atoms with Gasteiger partial charge in [0.25, 0.3) is 5.91 Å². The van der Waals surface area contributed by atoms with Crippen molar-refractivity contribution in [2.24, 2.45) is 4.99 Å². The van der Waals surface area contributed by atoms with E-state index < -0.39 is 21.9 Å². The number of rotatable bonds is 6. The molecule has 11 heteroatoms. The highest BCUT2D eigenvalue weighted by Crippen LogP contribution is 2.28. The van der Waals surface area contributed by atoms with Crippen molar-refractivity contribution >= 4 is 55.1 Å². The lowest BCUT2D eigenvalue weighted by atomic mass is 10.0. The Kier molecular flexibility index (Phi) is 7.75. The van der Waals surface area contributed by atoms with Crippen molar-refractivity contribution < 1.29 is 22.7 Å². The SMILES string of the molecule is CCC1CCCCN1S(=O)(=O)c1ccc(C(=O)N=c2sc3cccc(Cl)c3n2CC(=O)OC)cc1. The molecule has 8 nitrogen and oxygen atoms in total. The quantitative estimate of drug-likeness (QED) is 0.440. The van der Waals surface area contributed by atoms with E-state index in [1.165, 1.54) is 42.7 Å². The van der Waals surface area contributed by atoms with Gasteiger partial charge in [-0.05, 0) is 55.7 Å². The number of carbonyl (C=O) groups excluding carboxylic acids is 2. The van der Waals surface area contributed by atoms with Crippen LogP contribution in [0.5, 0.6) is 0 Å². The predicted octanol–water partition coefficient (Wildman–Crippen LogP) is 4.22. The average molecular weight is 536 g/mol. The number of esters is 1. The number of fused-ring (bicyclic) bond motifs is 1. The van der Waals surface area contributed by atoms with Gasteiger partial charge in [0, 0.05) is 18.2 Å². The van der Waals surface area contributed by atoms with E-state index in [9.17, 15) is 18.0 Å². The molecule has 1 amide bonds. The number of sulfonamides is 1. The molecule has 35 heavy (non-hydrogen) atoms. The van der Waals surface area contributed by atoms with Crippen LogP contribution in [0.25, 0.3) is 10.2 Å². The van der Waals surface area contributed by atoms with E-state index in [4.69, 9.17) is 16.3 Å². The molecule has 1 atom stereocenters. The van der Waals surface area contributed by atoms with Gasteiger partial charge in [-0.25, -0.2) is 8.42 Å². The van der Waals surface area contributed by atoms with Crippen LogP contribution in [0.4, 0.5) is 0 Å². The van der Waals surface area contributed by atoms with Gasteiger partial charge >= 0.3 is 5.97 Å². The van der Waals surface area contributed by atoms with Gasteiger partial charge in [-0.3, -0.25) is 9.59 Å². The second kappa shape index (κ2) is 10.6. The first-order valence-corrected chi connectivity index (χ1v) is 14.0. The number of hydrogen-bond donors (Lipinski definition) is 0. The van der Waals surface area contributed by atoms with E-state index in [0.717, 1.165) is 30.4 Å². The molecule has 0 N–H and O–H groups in total. The van der Waals surface area contributed by atoms with Crippen LogP contribution >= 0.6 is 22.9 Å². The first-order valence-electron chi connectivity index (χ1n) is 11.3. The molecule has 1 saturated heterocycles. The van der Waals surface area contributed by atoms with Crippen molar-refractivity contribution in [3.05, 3.63) is 57.9 Å². The van der Waals surface area contributed by atoms with E-state index in [1.54, 1.807) is 21.0 Å². The van der Waals surface area contributed by atoms with Crippen LogP contribution < -0.4 is 4.80 Å². The van der Waals surface area contributed by atoms with E-state index in [1.807, 2.05) is 13.0 Å². The average Bonchev–Trinajstić information content (AvgIpc) is 3.21.